The maximum Gasteiger partial charge on any atom is 0.175 e. The molecule has 1 N–H and O–H groups in total. The van der Waals surface area contributed by atoms with Crippen LogP contribution in [-0.2, 0) is 9.84 Å². The topological polar surface area (TPSA) is 46.2 Å². The van der Waals surface area contributed by atoms with Gasteiger partial charge in [-0.3, -0.25) is 0 Å². The first-order valence-corrected chi connectivity index (χ1v) is 5.35. The van der Waals surface area contributed by atoms with Gasteiger partial charge < -0.3 is 5.32 Å². The zero-order valence-corrected chi connectivity index (χ0v) is 7.23. The normalized spacial score (nSPS) is 26.4. The van der Waals surface area contributed by atoms with Gasteiger partial charge in [0.2, 0.25) is 0 Å². The van der Waals surface area contributed by atoms with Gasteiger partial charge in [-0.2, -0.15) is 0 Å². The third-order valence-electron chi connectivity index (χ3n) is 1.95. The average Bonchev–Trinajstić information content (AvgIpc) is 2.06. The predicted octanol–water partition coefficient (Wildman–Crippen LogP) is 0.297. The van der Waals surface area contributed by atoms with Crippen LogP contribution in [0.1, 0.15) is 12.8 Å². The van der Waals surface area contributed by atoms with Crippen molar-refractivity contribution in [3.63, 3.8) is 0 Å². The highest BCUT2D eigenvalue weighted by molar-refractivity contribution is 7.94. The Morgan fingerprint density at radius 3 is 2.73 bits per heavy atom. The zero-order chi connectivity index (χ0) is 8.32. The van der Waals surface area contributed by atoms with Crippen molar-refractivity contribution in [2.24, 2.45) is 0 Å². The maximum atomic E-state index is 11.2. The lowest BCUT2D eigenvalue weighted by Gasteiger charge is -2.20. The summed E-state index contributed by atoms with van der Waals surface area (Å²) in [4.78, 5) is 0. The fourth-order valence-corrected chi connectivity index (χ4v) is 2.35. The lowest BCUT2D eigenvalue weighted by molar-refractivity contribution is 0.501. The number of rotatable bonds is 2. The summed E-state index contributed by atoms with van der Waals surface area (Å²) in [5.41, 5.74) is 0. The highest BCUT2D eigenvalue weighted by Gasteiger charge is 2.23. The summed E-state index contributed by atoms with van der Waals surface area (Å²) in [6.07, 6.45) is 1.71. The van der Waals surface area contributed by atoms with Gasteiger partial charge in [0.15, 0.2) is 9.84 Å². The summed E-state index contributed by atoms with van der Waals surface area (Å²) >= 11 is 0. The average molecular weight is 175 g/mol. The summed E-state index contributed by atoms with van der Waals surface area (Å²) < 4.78 is 22.4. The number of hydrogen-bond donors (Lipinski definition) is 1. The Hall–Kier alpha value is -0.350. The van der Waals surface area contributed by atoms with Crippen molar-refractivity contribution in [1.29, 1.82) is 0 Å². The summed E-state index contributed by atoms with van der Waals surface area (Å²) in [5, 5.41) is 3.87. The highest BCUT2D eigenvalue weighted by Crippen LogP contribution is 2.12. The molecule has 0 aliphatic carbocycles. The molecular weight excluding hydrogens is 162 g/mol. The zero-order valence-electron chi connectivity index (χ0n) is 6.41. The second-order valence-corrected chi connectivity index (χ2v) is 4.90. The summed E-state index contributed by atoms with van der Waals surface area (Å²) in [7, 11) is -3.02. The van der Waals surface area contributed by atoms with Crippen LogP contribution in [0, 0.1) is 0 Å². The molecule has 1 atom stereocenters. The van der Waals surface area contributed by atoms with Crippen LogP contribution in [0.2, 0.25) is 0 Å². The minimum Gasteiger partial charge on any atom is -0.315 e. The molecule has 0 radical (unpaired) electrons. The molecule has 0 aromatic heterocycles. The van der Waals surface area contributed by atoms with Crippen LogP contribution in [0.4, 0.5) is 0 Å². The molecule has 0 saturated carbocycles. The van der Waals surface area contributed by atoms with Crippen molar-refractivity contribution in [3.05, 3.63) is 12.0 Å². The Balaban J connectivity index is 2.66. The maximum absolute atomic E-state index is 11.2. The van der Waals surface area contributed by atoms with E-state index in [1.54, 1.807) is 0 Å². The van der Waals surface area contributed by atoms with Crippen LogP contribution in [0.3, 0.4) is 0 Å². The van der Waals surface area contributed by atoms with Crippen molar-refractivity contribution in [1.82, 2.24) is 5.32 Å². The standard InChI is InChI=1S/C7H13NO2S/c1-2-11(9,10)7-4-3-5-8-6-7/h2,7-8H,1,3-6H2. The van der Waals surface area contributed by atoms with Crippen molar-refractivity contribution in [2.45, 2.75) is 18.1 Å². The molecule has 64 valence electrons. The Bertz CT molecular complexity index is 227. The second kappa shape index (κ2) is 3.36. The third kappa shape index (κ3) is 2.04. The van der Waals surface area contributed by atoms with Crippen molar-refractivity contribution >= 4 is 9.84 Å². The summed E-state index contributed by atoms with van der Waals surface area (Å²) in [5.74, 6) is 0. The van der Waals surface area contributed by atoms with Gasteiger partial charge in [-0.15, -0.1) is 0 Å². The van der Waals surface area contributed by atoms with E-state index in [-0.39, 0.29) is 5.25 Å². The van der Waals surface area contributed by atoms with E-state index >= 15 is 0 Å². The van der Waals surface area contributed by atoms with Crippen LogP contribution in [0.5, 0.6) is 0 Å². The van der Waals surface area contributed by atoms with Gasteiger partial charge in [0.25, 0.3) is 0 Å². The largest absolute Gasteiger partial charge is 0.315 e. The second-order valence-electron chi connectivity index (χ2n) is 2.72. The molecule has 1 heterocycles. The van der Waals surface area contributed by atoms with E-state index in [9.17, 15) is 8.42 Å². The third-order valence-corrected chi connectivity index (χ3v) is 3.74. The smallest absolute Gasteiger partial charge is 0.175 e. The van der Waals surface area contributed by atoms with E-state index in [1.165, 1.54) is 0 Å². The molecule has 0 aromatic carbocycles. The van der Waals surface area contributed by atoms with Crippen molar-refractivity contribution < 1.29 is 8.42 Å². The number of nitrogens with one attached hydrogen (secondary N) is 1. The molecule has 1 saturated heterocycles. The van der Waals surface area contributed by atoms with Gasteiger partial charge >= 0.3 is 0 Å². The van der Waals surface area contributed by atoms with E-state index in [0.29, 0.717) is 6.54 Å². The monoisotopic (exact) mass is 175 g/mol. The molecule has 0 bridgehead atoms. The first-order valence-electron chi connectivity index (χ1n) is 3.74. The highest BCUT2D eigenvalue weighted by atomic mass is 32.2. The molecule has 4 heteroatoms. The van der Waals surface area contributed by atoms with Crippen LogP contribution in [-0.4, -0.2) is 26.8 Å². The number of hydrogen-bond acceptors (Lipinski definition) is 3. The Labute approximate surface area is 67.4 Å². The van der Waals surface area contributed by atoms with E-state index < -0.39 is 9.84 Å². The Kier molecular flexibility index (Phi) is 2.67. The molecule has 1 aliphatic heterocycles. The molecule has 0 spiro atoms. The van der Waals surface area contributed by atoms with E-state index in [2.05, 4.69) is 11.9 Å². The Morgan fingerprint density at radius 1 is 1.55 bits per heavy atom. The minimum absolute atomic E-state index is 0.242. The molecule has 3 nitrogen and oxygen atoms in total. The summed E-state index contributed by atoms with van der Waals surface area (Å²) in [6, 6.07) is 0. The fraction of sp³-hybridized carbons (Fsp3) is 0.714. The predicted molar refractivity (Wildman–Crippen MR) is 45.0 cm³/mol. The molecule has 1 fully saturated rings. The van der Waals surface area contributed by atoms with E-state index in [0.717, 1.165) is 24.8 Å². The van der Waals surface area contributed by atoms with Gasteiger partial charge in [0.1, 0.15) is 0 Å². The first kappa shape index (κ1) is 8.74. The molecule has 11 heavy (non-hydrogen) atoms. The Morgan fingerprint density at radius 2 is 2.27 bits per heavy atom. The molecule has 1 unspecified atom stereocenters. The van der Waals surface area contributed by atoms with Crippen molar-refractivity contribution in [2.75, 3.05) is 13.1 Å². The molecule has 0 aromatic rings. The quantitative estimate of drug-likeness (QED) is 0.656. The van der Waals surface area contributed by atoms with Crippen LogP contribution in [0.25, 0.3) is 0 Å². The molecule has 0 amide bonds. The molecule has 1 aliphatic rings. The minimum atomic E-state index is -3.02. The molecular formula is C7H13NO2S. The SMILES string of the molecule is C=CS(=O)(=O)C1CCCNC1. The number of piperidine rings is 1. The number of sulfone groups is 1. The van der Waals surface area contributed by atoms with Gasteiger partial charge in [0.05, 0.1) is 5.25 Å². The van der Waals surface area contributed by atoms with E-state index in [1.807, 2.05) is 0 Å². The van der Waals surface area contributed by atoms with Crippen LogP contribution < -0.4 is 5.32 Å². The van der Waals surface area contributed by atoms with Crippen LogP contribution in [0.15, 0.2) is 12.0 Å². The van der Waals surface area contributed by atoms with Gasteiger partial charge in [0, 0.05) is 12.0 Å². The van der Waals surface area contributed by atoms with Gasteiger partial charge in [-0.05, 0) is 19.4 Å². The van der Waals surface area contributed by atoms with Gasteiger partial charge in [-0.25, -0.2) is 8.42 Å². The van der Waals surface area contributed by atoms with E-state index in [4.69, 9.17) is 0 Å². The first-order chi connectivity index (χ1) is 5.17. The fourth-order valence-electron chi connectivity index (χ4n) is 1.24. The summed E-state index contributed by atoms with van der Waals surface area (Å²) in [6.45, 7) is 4.80. The lowest BCUT2D eigenvalue weighted by Crippen LogP contribution is -2.37. The lowest BCUT2D eigenvalue weighted by atomic mass is 10.2. The van der Waals surface area contributed by atoms with Gasteiger partial charge in [-0.1, -0.05) is 6.58 Å². The molecule has 1 rings (SSSR count). The van der Waals surface area contributed by atoms with Crippen LogP contribution >= 0.6 is 0 Å². The van der Waals surface area contributed by atoms with Crippen molar-refractivity contribution in [3.8, 4) is 0 Å².